The Morgan fingerprint density at radius 1 is 1.35 bits per heavy atom. The van der Waals surface area contributed by atoms with E-state index in [0.717, 1.165) is 0 Å². The van der Waals surface area contributed by atoms with Crippen LogP contribution in [-0.4, -0.2) is 46.6 Å². The number of hydrogen-bond donors (Lipinski definition) is 2. The summed E-state index contributed by atoms with van der Waals surface area (Å²) >= 11 is 0. The molecule has 0 aromatic carbocycles. The van der Waals surface area contributed by atoms with E-state index in [1.54, 1.807) is 6.92 Å². The molecule has 0 atom stereocenters. The first-order valence-corrected chi connectivity index (χ1v) is 6.63. The fourth-order valence-electron chi connectivity index (χ4n) is 1.76. The van der Waals surface area contributed by atoms with E-state index in [1.165, 1.54) is 24.1 Å². The number of ketones is 1. The molecule has 0 unspecified atom stereocenters. The molecule has 2 amide bonds. The molecule has 0 saturated heterocycles. The molecule has 0 aliphatic rings. The highest BCUT2D eigenvalue weighted by Crippen LogP contribution is 2.07. The van der Waals surface area contributed by atoms with E-state index in [9.17, 15) is 14.4 Å². The first-order chi connectivity index (χ1) is 9.35. The van der Waals surface area contributed by atoms with Crippen molar-refractivity contribution in [2.45, 2.75) is 33.7 Å². The number of carbonyl (C=O) groups excluding carboxylic acids is 3. The van der Waals surface area contributed by atoms with Crippen LogP contribution < -0.4 is 5.32 Å². The first-order valence-electron chi connectivity index (χ1n) is 6.63. The predicted octanol–water partition coefficient (Wildman–Crippen LogP) is 1.20. The average Bonchev–Trinajstić information content (AvgIpc) is 2.83. The summed E-state index contributed by atoms with van der Waals surface area (Å²) in [4.78, 5) is 39.3. The standard InChI is InChI=1S/C14H21N3O3/c1-5-17(8-13(19)16-9(2)3)14(20)12-6-11(7-15-12)10(4)18/h6-7,9,15H,5,8H2,1-4H3,(H,16,19). The van der Waals surface area contributed by atoms with Crippen molar-refractivity contribution in [2.24, 2.45) is 0 Å². The van der Waals surface area contributed by atoms with E-state index < -0.39 is 0 Å². The Hall–Kier alpha value is -2.11. The number of Topliss-reactive ketones (excluding diaryl/α,β-unsaturated/α-hetero) is 1. The summed E-state index contributed by atoms with van der Waals surface area (Å²) in [6, 6.07) is 1.54. The molecule has 6 nitrogen and oxygen atoms in total. The largest absolute Gasteiger partial charge is 0.356 e. The maximum absolute atomic E-state index is 12.2. The van der Waals surface area contributed by atoms with Gasteiger partial charge in [-0.15, -0.1) is 0 Å². The lowest BCUT2D eigenvalue weighted by molar-refractivity contribution is -0.122. The summed E-state index contributed by atoms with van der Waals surface area (Å²) in [6.45, 7) is 7.38. The van der Waals surface area contributed by atoms with Gasteiger partial charge in [0, 0.05) is 24.3 Å². The zero-order valence-electron chi connectivity index (χ0n) is 12.3. The Labute approximate surface area is 118 Å². The quantitative estimate of drug-likeness (QED) is 0.768. The lowest BCUT2D eigenvalue weighted by Crippen LogP contribution is -2.42. The van der Waals surface area contributed by atoms with Crippen molar-refractivity contribution >= 4 is 17.6 Å². The Balaban J connectivity index is 2.75. The van der Waals surface area contributed by atoms with Gasteiger partial charge in [0.25, 0.3) is 5.91 Å². The molecule has 0 radical (unpaired) electrons. The van der Waals surface area contributed by atoms with E-state index in [4.69, 9.17) is 0 Å². The van der Waals surface area contributed by atoms with Crippen molar-refractivity contribution in [3.63, 3.8) is 0 Å². The van der Waals surface area contributed by atoms with Gasteiger partial charge in [-0.1, -0.05) is 0 Å². The van der Waals surface area contributed by atoms with Crippen LogP contribution in [0.2, 0.25) is 0 Å². The molecular weight excluding hydrogens is 258 g/mol. The third kappa shape index (κ3) is 4.22. The summed E-state index contributed by atoms with van der Waals surface area (Å²) in [5, 5.41) is 2.74. The minimum atomic E-state index is -0.293. The van der Waals surface area contributed by atoms with Crippen LogP contribution in [0.3, 0.4) is 0 Å². The topological polar surface area (TPSA) is 82.3 Å². The van der Waals surface area contributed by atoms with Crippen LogP contribution in [0.5, 0.6) is 0 Å². The van der Waals surface area contributed by atoms with Gasteiger partial charge in [0.2, 0.25) is 5.91 Å². The number of hydrogen-bond acceptors (Lipinski definition) is 3. The normalized spacial score (nSPS) is 10.4. The van der Waals surface area contributed by atoms with Gasteiger partial charge in [0.15, 0.2) is 5.78 Å². The predicted molar refractivity (Wildman–Crippen MR) is 75.7 cm³/mol. The van der Waals surface area contributed by atoms with Gasteiger partial charge in [-0.05, 0) is 33.8 Å². The molecule has 20 heavy (non-hydrogen) atoms. The second-order valence-corrected chi connectivity index (χ2v) is 4.90. The number of likely N-dealkylation sites (N-methyl/N-ethyl adjacent to an activating group) is 1. The summed E-state index contributed by atoms with van der Waals surface area (Å²) in [7, 11) is 0. The fourth-order valence-corrected chi connectivity index (χ4v) is 1.76. The second kappa shape index (κ2) is 6.88. The number of rotatable bonds is 6. The highest BCUT2D eigenvalue weighted by atomic mass is 16.2. The van der Waals surface area contributed by atoms with Crippen LogP contribution in [0.4, 0.5) is 0 Å². The third-order valence-electron chi connectivity index (χ3n) is 2.77. The smallest absolute Gasteiger partial charge is 0.270 e. The van der Waals surface area contributed by atoms with Crippen molar-refractivity contribution in [3.05, 3.63) is 23.5 Å². The molecule has 2 N–H and O–H groups in total. The fraction of sp³-hybridized carbons (Fsp3) is 0.500. The number of carbonyl (C=O) groups is 3. The van der Waals surface area contributed by atoms with Crippen molar-refractivity contribution in [1.29, 1.82) is 0 Å². The Morgan fingerprint density at radius 3 is 2.45 bits per heavy atom. The van der Waals surface area contributed by atoms with Gasteiger partial charge in [-0.2, -0.15) is 0 Å². The molecule has 1 heterocycles. The van der Waals surface area contributed by atoms with Gasteiger partial charge in [-0.3, -0.25) is 14.4 Å². The van der Waals surface area contributed by atoms with Crippen LogP contribution in [0, 0.1) is 0 Å². The van der Waals surface area contributed by atoms with Gasteiger partial charge >= 0.3 is 0 Å². The maximum atomic E-state index is 12.2. The number of nitrogens with one attached hydrogen (secondary N) is 2. The molecule has 1 rings (SSSR count). The minimum absolute atomic E-state index is 0.00192. The van der Waals surface area contributed by atoms with E-state index in [0.29, 0.717) is 17.8 Å². The van der Waals surface area contributed by atoms with Gasteiger partial charge in [0.1, 0.15) is 5.69 Å². The third-order valence-corrected chi connectivity index (χ3v) is 2.77. The summed E-state index contributed by atoms with van der Waals surface area (Å²) < 4.78 is 0. The SMILES string of the molecule is CCN(CC(=O)NC(C)C)C(=O)c1cc(C(C)=O)c[nH]1. The molecule has 0 spiro atoms. The summed E-state index contributed by atoms with van der Waals surface area (Å²) in [6.07, 6.45) is 1.50. The molecule has 1 aromatic rings. The first kappa shape index (κ1) is 15.9. The molecule has 0 aliphatic carbocycles. The Kier molecular flexibility index (Phi) is 5.49. The number of nitrogens with zero attached hydrogens (tertiary/aromatic N) is 1. The number of aromatic amines is 1. The van der Waals surface area contributed by atoms with Crippen LogP contribution in [0.25, 0.3) is 0 Å². The number of amides is 2. The van der Waals surface area contributed by atoms with E-state index in [1.807, 2.05) is 13.8 Å². The van der Waals surface area contributed by atoms with Crippen molar-refractivity contribution < 1.29 is 14.4 Å². The molecule has 110 valence electrons. The summed E-state index contributed by atoms with van der Waals surface area (Å²) in [5.41, 5.74) is 0.769. The number of aromatic nitrogens is 1. The Bertz CT molecular complexity index is 506. The van der Waals surface area contributed by atoms with Crippen LogP contribution >= 0.6 is 0 Å². The highest BCUT2D eigenvalue weighted by Gasteiger charge is 2.19. The monoisotopic (exact) mass is 279 g/mol. The van der Waals surface area contributed by atoms with Crippen molar-refractivity contribution in [1.82, 2.24) is 15.2 Å². The second-order valence-electron chi connectivity index (χ2n) is 4.90. The molecule has 0 fully saturated rings. The highest BCUT2D eigenvalue weighted by molar-refractivity contribution is 6.00. The van der Waals surface area contributed by atoms with Crippen LogP contribution in [0.15, 0.2) is 12.3 Å². The van der Waals surface area contributed by atoms with Gasteiger partial charge < -0.3 is 15.2 Å². The minimum Gasteiger partial charge on any atom is -0.356 e. The molecule has 0 bridgehead atoms. The van der Waals surface area contributed by atoms with E-state index in [2.05, 4.69) is 10.3 Å². The van der Waals surface area contributed by atoms with Crippen LogP contribution in [-0.2, 0) is 4.79 Å². The van der Waals surface area contributed by atoms with Crippen LogP contribution in [0.1, 0.15) is 48.5 Å². The maximum Gasteiger partial charge on any atom is 0.270 e. The van der Waals surface area contributed by atoms with Crippen molar-refractivity contribution in [3.8, 4) is 0 Å². The lowest BCUT2D eigenvalue weighted by Gasteiger charge is -2.20. The molecule has 1 aromatic heterocycles. The zero-order chi connectivity index (χ0) is 15.3. The molecule has 0 aliphatic heterocycles. The zero-order valence-corrected chi connectivity index (χ0v) is 12.3. The summed E-state index contributed by atoms with van der Waals surface area (Å²) in [5.74, 6) is -0.603. The molecule has 0 saturated carbocycles. The lowest BCUT2D eigenvalue weighted by atomic mass is 10.2. The average molecular weight is 279 g/mol. The van der Waals surface area contributed by atoms with Gasteiger partial charge in [-0.25, -0.2) is 0 Å². The van der Waals surface area contributed by atoms with Gasteiger partial charge in [0.05, 0.1) is 6.54 Å². The molecular formula is C14H21N3O3. The van der Waals surface area contributed by atoms with E-state index in [-0.39, 0.29) is 30.2 Å². The number of H-pyrrole nitrogens is 1. The Morgan fingerprint density at radius 2 is 2.00 bits per heavy atom. The van der Waals surface area contributed by atoms with E-state index >= 15 is 0 Å². The van der Waals surface area contributed by atoms with Crippen molar-refractivity contribution in [2.75, 3.05) is 13.1 Å². The molecule has 6 heteroatoms.